The third kappa shape index (κ3) is 5.99. The molecule has 1 N–H and O–H groups in total. The largest absolute Gasteiger partial charge is 0.378 e. The van der Waals surface area contributed by atoms with Crippen molar-refractivity contribution in [2.75, 3.05) is 42.1 Å². The van der Waals surface area contributed by atoms with E-state index in [1.807, 2.05) is 24.3 Å². The summed E-state index contributed by atoms with van der Waals surface area (Å²) in [4.78, 5) is 25.7. The molecule has 1 fully saturated rings. The number of morpholine rings is 1. The minimum absolute atomic E-state index is 0.0250. The van der Waals surface area contributed by atoms with Gasteiger partial charge >= 0.3 is 0 Å². The van der Waals surface area contributed by atoms with E-state index in [0.717, 1.165) is 34.7 Å². The SMILES string of the molecule is O=C(CN(c1cccc([N+](=O)[O-])c1)S(=O)(=O)c1ccccc1)NCc1ccc(N2CCOCC2)cc1. The number of sulfonamides is 1. The Balaban J connectivity index is 1.49. The second-order valence-electron chi connectivity index (χ2n) is 8.14. The Morgan fingerprint density at radius 3 is 2.36 bits per heavy atom. The van der Waals surface area contributed by atoms with E-state index in [9.17, 15) is 23.3 Å². The summed E-state index contributed by atoms with van der Waals surface area (Å²) >= 11 is 0. The molecule has 0 bridgehead atoms. The third-order valence-electron chi connectivity index (χ3n) is 5.75. The summed E-state index contributed by atoms with van der Waals surface area (Å²) in [6.07, 6.45) is 0. The van der Waals surface area contributed by atoms with Gasteiger partial charge in [0.25, 0.3) is 15.7 Å². The number of carbonyl (C=O) groups excluding carboxylic acids is 1. The Kier molecular flexibility index (Phi) is 7.81. The first-order valence-electron chi connectivity index (χ1n) is 11.4. The van der Waals surface area contributed by atoms with Gasteiger partial charge in [-0.2, -0.15) is 0 Å². The van der Waals surface area contributed by atoms with Crippen molar-refractivity contribution in [3.8, 4) is 0 Å². The van der Waals surface area contributed by atoms with Gasteiger partial charge < -0.3 is 15.0 Å². The summed E-state index contributed by atoms with van der Waals surface area (Å²) in [5.74, 6) is -0.543. The van der Waals surface area contributed by atoms with Crippen LogP contribution in [0.25, 0.3) is 0 Å². The van der Waals surface area contributed by atoms with E-state index >= 15 is 0 Å². The minimum atomic E-state index is -4.16. The van der Waals surface area contributed by atoms with Crippen molar-refractivity contribution >= 4 is 33.0 Å². The first kappa shape index (κ1) is 25.1. The number of nitrogens with zero attached hydrogens (tertiary/aromatic N) is 3. The summed E-state index contributed by atoms with van der Waals surface area (Å²) < 4.78 is 33.0. The third-order valence-corrected chi connectivity index (χ3v) is 7.54. The monoisotopic (exact) mass is 510 g/mol. The van der Waals surface area contributed by atoms with Crippen LogP contribution in [0, 0.1) is 10.1 Å². The molecule has 188 valence electrons. The molecule has 10 nitrogen and oxygen atoms in total. The molecule has 1 aliphatic rings. The zero-order valence-electron chi connectivity index (χ0n) is 19.4. The number of nitro groups is 1. The van der Waals surface area contributed by atoms with Crippen LogP contribution in [0.3, 0.4) is 0 Å². The van der Waals surface area contributed by atoms with Crippen molar-refractivity contribution in [1.82, 2.24) is 5.32 Å². The number of anilines is 2. The average Bonchev–Trinajstić information content (AvgIpc) is 2.92. The maximum atomic E-state index is 13.4. The van der Waals surface area contributed by atoms with Crippen LogP contribution in [0.15, 0.2) is 83.8 Å². The van der Waals surface area contributed by atoms with Crippen molar-refractivity contribution in [3.63, 3.8) is 0 Å². The van der Waals surface area contributed by atoms with Gasteiger partial charge in [-0.05, 0) is 35.9 Å². The first-order chi connectivity index (χ1) is 17.3. The number of rotatable bonds is 9. The molecule has 11 heteroatoms. The van der Waals surface area contributed by atoms with Gasteiger partial charge in [-0.25, -0.2) is 8.42 Å². The fraction of sp³-hybridized carbons (Fsp3) is 0.240. The number of nitro benzene ring substituents is 1. The van der Waals surface area contributed by atoms with Gasteiger partial charge in [0.2, 0.25) is 5.91 Å². The van der Waals surface area contributed by atoms with Gasteiger partial charge in [-0.1, -0.05) is 36.4 Å². The van der Waals surface area contributed by atoms with Crippen LogP contribution in [0.1, 0.15) is 5.56 Å². The molecule has 0 spiro atoms. The predicted molar refractivity (Wildman–Crippen MR) is 135 cm³/mol. The lowest BCUT2D eigenvalue weighted by Crippen LogP contribution is -2.40. The summed E-state index contributed by atoms with van der Waals surface area (Å²) in [5.41, 5.74) is 1.67. The van der Waals surface area contributed by atoms with Crippen LogP contribution in [0.4, 0.5) is 17.1 Å². The molecule has 3 aromatic carbocycles. The second kappa shape index (κ2) is 11.2. The van der Waals surface area contributed by atoms with Crippen molar-refractivity contribution in [2.24, 2.45) is 0 Å². The molecule has 36 heavy (non-hydrogen) atoms. The maximum absolute atomic E-state index is 13.4. The zero-order valence-corrected chi connectivity index (χ0v) is 20.3. The first-order valence-corrected chi connectivity index (χ1v) is 12.8. The highest BCUT2D eigenvalue weighted by molar-refractivity contribution is 7.92. The predicted octanol–water partition coefficient (Wildman–Crippen LogP) is 2.94. The van der Waals surface area contributed by atoms with E-state index in [2.05, 4.69) is 10.2 Å². The summed E-state index contributed by atoms with van der Waals surface area (Å²) in [6.45, 7) is 2.68. The Morgan fingerprint density at radius 1 is 1.00 bits per heavy atom. The Hall–Kier alpha value is -3.96. The number of ether oxygens (including phenoxy) is 1. The molecule has 1 aliphatic heterocycles. The highest BCUT2D eigenvalue weighted by Gasteiger charge is 2.28. The van der Waals surface area contributed by atoms with Gasteiger partial charge in [-0.15, -0.1) is 0 Å². The lowest BCUT2D eigenvalue weighted by molar-refractivity contribution is -0.384. The molecule has 0 atom stereocenters. The minimum Gasteiger partial charge on any atom is -0.378 e. The summed E-state index contributed by atoms with van der Waals surface area (Å²) in [7, 11) is -4.16. The van der Waals surface area contributed by atoms with Gasteiger partial charge in [0.05, 0.1) is 28.7 Å². The smallest absolute Gasteiger partial charge is 0.271 e. The lowest BCUT2D eigenvalue weighted by atomic mass is 10.2. The van der Waals surface area contributed by atoms with E-state index in [4.69, 9.17) is 4.74 Å². The molecular formula is C25H26N4O6S. The molecule has 0 aromatic heterocycles. The summed E-state index contributed by atoms with van der Waals surface area (Å²) in [6, 6.07) is 20.6. The van der Waals surface area contributed by atoms with Gasteiger partial charge in [-0.3, -0.25) is 19.2 Å². The molecule has 1 heterocycles. The Morgan fingerprint density at radius 2 is 1.69 bits per heavy atom. The van der Waals surface area contributed by atoms with E-state index in [1.54, 1.807) is 18.2 Å². The number of hydrogen-bond acceptors (Lipinski definition) is 7. The van der Waals surface area contributed by atoms with E-state index in [-0.39, 0.29) is 22.8 Å². The molecule has 1 amide bonds. The van der Waals surface area contributed by atoms with Crippen molar-refractivity contribution < 1.29 is 22.9 Å². The molecule has 4 rings (SSSR count). The lowest BCUT2D eigenvalue weighted by Gasteiger charge is -2.29. The van der Waals surface area contributed by atoms with E-state index < -0.39 is 27.4 Å². The average molecular weight is 511 g/mol. The standard InChI is InChI=1S/C25H26N4O6S/c30-25(26-18-20-9-11-21(12-10-20)27-13-15-35-16-14-27)19-28(22-5-4-6-23(17-22)29(31)32)36(33,34)24-7-2-1-3-8-24/h1-12,17H,13-16,18-19H2,(H,26,30). The van der Waals surface area contributed by atoms with Crippen molar-refractivity contribution in [3.05, 3.63) is 94.5 Å². The molecule has 0 unspecified atom stereocenters. The topological polar surface area (TPSA) is 122 Å². The number of hydrogen-bond donors (Lipinski definition) is 1. The van der Waals surface area contributed by atoms with Gasteiger partial charge in [0.1, 0.15) is 6.54 Å². The van der Waals surface area contributed by atoms with Crippen LogP contribution in [0.2, 0.25) is 0 Å². The Labute approximate surface area is 209 Å². The normalized spacial score (nSPS) is 13.7. The number of nitrogens with one attached hydrogen (secondary N) is 1. The highest BCUT2D eigenvalue weighted by atomic mass is 32.2. The molecule has 3 aromatic rings. The van der Waals surface area contributed by atoms with Crippen molar-refractivity contribution in [2.45, 2.75) is 11.4 Å². The van der Waals surface area contributed by atoms with Gasteiger partial charge in [0, 0.05) is 37.5 Å². The number of amides is 1. The molecular weight excluding hydrogens is 484 g/mol. The quantitative estimate of drug-likeness (QED) is 0.347. The molecule has 0 saturated carbocycles. The number of benzene rings is 3. The molecule has 1 saturated heterocycles. The fourth-order valence-corrected chi connectivity index (χ4v) is 5.26. The maximum Gasteiger partial charge on any atom is 0.271 e. The van der Waals surface area contributed by atoms with Gasteiger partial charge in [0.15, 0.2) is 0 Å². The van der Waals surface area contributed by atoms with Crippen LogP contribution >= 0.6 is 0 Å². The van der Waals surface area contributed by atoms with Crippen LogP contribution < -0.4 is 14.5 Å². The summed E-state index contributed by atoms with van der Waals surface area (Å²) in [5, 5.41) is 14.0. The fourth-order valence-electron chi connectivity index (χ4n) is 3.83. The van der Waals surface area contributed by atoms with E-state index in [1.165, 1.54) is 30.3 Å². The van der Waals surface area contributed by atoms with Crippen LogP contribution in [-0.2, 0) is 26.1 Å². The van der Waals surface area contributed by atoms with Crippen LogP contribution in [0.5, 0.6) is 0 Å². The highest BCUT2D eigenvalue weighted by Crippen LogP contribution is 2.27. The molecule has 0 aliphatic carbocycles. The second-order valence-corrected chi connectivity index (χ2v) is 10.0. The van der Waals surface area contributed by atoms with Crippen molar-refractivity contribution in [1.29, 1.82) is 0 Å². The van der Waals surface area contributed by atoms with E-state index in [0.29, 0.717) is 13.2 Å². The number of non-ortho nitro benzene ring substituents is 1. The molecule has 0 radical (unpaired) electrons. The number of carbonyl (C=O) groups is 1. The Bertz CT molecular complexity index is 1310. The van der Waals surface area contributed by atoms with Crippen LogP contribution in [-0.4, -0.2) is 52.1 Å². The zero-order chi connectivity index (χ0) is 25.5.